The minimum Gasteiger partial charge on any atom is -0.323 e. The first-order chi connectivity index (χ1) is 20.6. The molecule has 0 unspecified atom stereocenters. The molecule has 0 aliphatic carbocycles. The van der Waals surface area contributed by atoms with Gasteiger partial charge in [-0.3, -0.25) is 0 Å². The lowest BCUT2D eigenvalue weighted by Gasteiger charge is -2.38. The van der Waals surface area contributed by atoms with Gasteiger partial charge in [-0.25, -0.2) is 4.58 Å². The van der Waals surface area contributed by atoms with Gasteiger partial charge in [0.2, 0.25) is 6.34 Å². The maximum atomic E-state index is 5.35. The van der Waals surface area contributed by atoms with Crippen LogP contribution >= 0.6 is 0 Å². The zero-order valence-corrected chi connectivity index (χ0v) is 31.6. The summed E-state index contributed by atoms with van der Waals surface area (Å²) >= 11 is 0. The summed E-state index contributed by atoms with van der Waals surface area (Å²) in [6.45, 7) is 37.4. The maximum absolute atomic E-state index is 5.35. The average Bonchev–Trinajstić information content (AvgIpc) is 3.20. The molecule has 1 fully saturated rings. The van der Waals surface area contributed by atoms with E-state index in [1.807, 2.05) is 6.34 Å². The van der Waals surface area contributed by atoms with Crippen LogP contribution in [-0.2, 0) is 0 Å². The van der Waals surface area contributed by atoms with Gasteiger partial charge in [-0.1, -0.05) is 106 Å². The lowest BCUT2D eigenvalue weighted by Crippen LogP contribution is -2.43. The Labute approximate surface area is 276 Å². The van der Waals surface area contributed by atoms with E-state index in [2.05, 4.69) is 157 Å². The first kappa shape index (κ1) is 35.1. The van der Waals surface area contributed by atoms with Crippen LogP contribution in [0.4, 0.5) is 11.4 Å². The highest BCUT2D eigenvalue weighted by Crippen LogP contribution is 2.50. The number of anilines is 1. The predicted octanol–water partition coefficient (Wildman–Crippen LogP) is 11.6. The number of benzene rings is 2. The fraction of sp³-hybridized carbons (Fsp3) is 0.634. The largest absolute Gasteiger partial charge is 0.323 e. The second-order valence-corrected chi connectivity index (χ2v) is 17.6. The fourth-order valence-corrected chi connectivity index (χ4v) is 8.62. The predicted molar refractivity (Wildman–Crippen MR) is 198 cm³/mol. The monoisotopic (exact) mass is 612 g/mol. The number of hydrogen-bond acceptors (Lipinski definition) is 1. The van der Waals surface area contributed by atoms with Crippen molar-refractivity contribution in [1.29, 1.82) is 0 Å². The van der Waals surface area contributed by atoms with Gasteiger partial charge in [0.25, 0.3) is 0 Å². The van der Waals surface area contributed by atoms with E-state index >= 15 is 0 Å². The Morgan fingerprint density at radius 3 is 1.53 bits per heavy atom. The molecule has 1 saturated heterocycles. The third-order valence-corrected chi connectivity index (χ3v) is 10.1. The summed E-state index contributed by atoms with van der Waals surface area (Å²) in [5, 5.41) is 0. The lowest BCUT2D eigenvalue weighted by molar-refractivity contribution is -0.517. The molecule has 0 bridgehead atoms. The van der Waals surface area contributed by atoms with Crippen molar-refractivity contribution in [3.63, 3.8) is 0 Å². The summed E-state index contributed by atoms with van der Waals surface area (Å²) < 4.78 is 2.57. The molecule has 2 aromatic rings. The van der Waals surface area contributed by atoms with E-state index in [0.717, 1.165) is 24.5 Å². The number of hydrogen-bond donors (Lipinski definition) is 0. The molecule has 4 nitrogen and oxygen atoms in total. The zero-order valence-electron chi connectivity index (χ0n) is 31.6. The Bertz CT molecular complexity index is 1460. The van der Waals surface area contributed by atoms with Gasteiger partial charge in [0.15, 0.2) is 0 Å². The van der Waals surface area contributed by atoms with Gasteiger partial charge in [0, 0.05) is 34.2 Å². The van der Waals surface area contributed by atoms with Crippen molar-refractivity contribution in [2.45, 2.75) is 158 Å². The molecule has 4 heteroatoms. The van der Waals surface area contributed by atoms with Crippen LogP contribution in [0, 0.1) is 10.8 Å². The fourth-order valence-electron chi connectivity index (χ4n) is 8.62. The number of aliphatic imine (C=N–C) groups is 2. The Hall–Kier alpha value is -2.75. The van der Waals surface area contributed by atoms with E-state index in [1.165, 1.54) is 33.6 Å². The molecule has 0 radical (unpaired) electrons. The van der Waals surface area contributed by atoms with Gasteiger partial charge in [-0.15, -0.1) is 0 Å². The van der Waals surface area contributed by atoms with Crippen molar-refractivity contribution in [3.05, 3.63) is 58.7 Å². The number of para-hydroxylation sites is 2. The first-order valence-electron chi connectivity index (χ1n) is 17.5. The van der Waals surface area contributed by atoms with Crippen LogP contribution in [0.3, 0.4) is 0 Å². The molecule has 0 atom stereocenters. The Morgan fingerprint density at radius 2 is 1.09 bits per heavy atom. The highest BCUT2D eigenvalue weighted by Gasteiger charge is 2.53. The molecule has 0 saturated carbocycles. The van der Waals surface area contributed by atoms with E-state index in [0.29, 0.717) is 23.7 Å². The van der Waals surface area contributed by atoms with E-state index in [1.54, 1.807) is 0 Å². The molecule has 2 aliphatic rings. The third-order valence-electron chi connectivity index (χ3n) is 10.1. The van der Waals surface area contributed by atoms with E-state index in [-0.39, 0.29) is 21.9 Å². The topological polar surface area (TPSA) is 31.0 Å². The molecule has 2 aromatic carbocycles. The molecule has 0 N–H and O–H groups in total. The molecule has 45 heavy (non-hydrogen) atoms. The smallest absolute Gasteiger partial charge is 0.307 e. The quantitative estimate of drug-likeness (QED) is 0.174. The van der Waals surface area contributed by atoms with Crippen molar-refractivity contribution < 1.29 is 4.58 Å². The van der Waals surface area contributed by atoms with Gasteiger partial charge < -0.3 is 4.90 Å². The second-order valence-electron chi connectivity index (χ2n) is 17.6. The van der Waals surface area contributed by atoms with Gasteiger partial charge in [0.05, 0.1) is 5.41 Å². The van der Waals surface area contributed by atoms with Crippen LogP contribution in [0.25, 0.3) is 0 Å². The Balaban J connectivity index is 1.99. The molecular weight excluding hydrogens is 548 g/mol. The zero-order chi connectivity index (χ0) is 33.9. The summed E-state index contributed by atoms with van der Waals surface area (Å²) in [7, 11) is 0. The van der Waals surface area contributed by atoms with Crippen LogP contribution in [0.15, 0.2) is 46.4 Å². The first-order valence-corrected chi connectivity index (χ1v) is 17.5. The van der Waals surface area contributed by atoms with Crippen molar-refractivity contribution in [3.8, 4) is 0 Å². The molecule has 246 valence electrons. The average molecular weight is 612 g/mol. The Kier molecular flexibility index (Phi) is 9.46. The molecule has 0 aromatic heterocycles. The minimum absolute atomic E-state index is 0.0824. The van der Waals surface area contributed by atoms with Crippen molar-refractivity contribution in [1.82, 2.24) is 0 Å². The van der Waals surface area contributed by atoms with E-state index in [4.69, 9.17) is 9.98 Å². The molecule has 0 spiro atoms. The third kappa shape index (κ3) is 6.45. The number of nitrogens with zero attached hydrogens (tertiary/aromatic N) is 4. The summed E-state index contributed by atoms with van der Waals surface area (Å²) in [5.74, 6) is 3.87. The normalized spacial score (nSPS) is 21.6. The standard InChI is InChI=1S/C41H63N4/c1-26(2)30-19-17-20-31(27(3)4)34(30)44-36(38(9,10)23-40(44,13)14)42-25-43-37-39(11,12)24-41(15,16)45(37)35-32(28(5)6)21-18-22-33(35)29(7)8/h17-22,25-29H,23-24H2,1-16H3/q+1. The Morgan fingerprint density at radius 1 is 0.644 bits per heavy atom. The summed E-state index contributed by atoms with van der Waals surface area (Å²) in [6, 6.07) is 13.7. The maximum Gasteiger partial charge on any atom is 0.307 e. The van der Waals surface area contributed by atoms with Gasteiger partial charge in [-0.2, -0.15) is 4.99 Å². The molecule has 0 amide bonds. The van der Waals surface area contributed by atoms with Gasteiger partial charge >= 0.3 is 5.84 Å². The summed E-state index contributed by atoms with van der Waals surface area (Å²) in [5.41, 5.74) is 7.88. The van der Waals surface area contributed by atoms with E-state index in [9.17, 15) is 0 Å². The van der Waals surface area contributed by atoms with Gasteiger partial charge in [0.1, 0.15) is 17.1 Å². The molecule has 2 heterocycles. The highest BCUT2D eigenvalue weighted by atomic mass is 15.3. The van der Waals surface area contributed by atoms with Crippen LogP contribution in [0.1, 0.15) is 170 Å². The van der Waals surface area contributed by atoms with Crippen LogP contribution in [0.5, 0.6) is 0 Å². The van der Waals surface area contributed by atoms with Crippen molar-refractivity contribution in [2.24, 2.45) is 20.8 Å². The molecule has 2 aliphatic heterocycles. The van der Waals surface area contributed by atoms with Crippen molar-refractivity contribution >= 4 is 29.4 Å². The second kappa shape index (κ2) is 12.1. The van der Waals surface area contributed by atoms with Gasteiger partial charge in [-0.05, 0) is 87.8 Å². The lowest BCUT2D eigenvalue weighted by atomic mass is 9.83. The highest BCUT2D eigenvalue weighted by molar-refractivity contribution is 6.09. The van der Waals surface area contributed by atoms with Crippen molar-refractivity contribution in [2.75, 3.05) is 4.90 Å². The summed E-state index contributed by atoms with van der Waals surface area (Å²) in [6.07, 6.45) is 3.94. The van der Waals surface area contributed by atoms with E-state index < -0.39 is 0 Å². The summed E-state index contributed by atoms with van der Waals surface area (Å²) in [4.78, 5) is 13.3. The molecular formula is C41H63N4+. The van der Waals surface area contributed by atoms with Crippen LogP contribution < -0.4 is 4.90 Å². The molecule has 4 rings (SSSR count). The SMILES string of the molecule is CC(C)c1cccc(C(C)C)c1N1C(=NC=NC2=[N+](c3c(C(C)C)cccc3C(C)C)C(C)(C)CC2(C)C)C(C)(C)CC1(C)C. The van der Waals surface area contributed by atoms with Crippen LogP contribution in [-0.4, -0.2) is 33.7 Å². The number of amidine groups is 2. The van der Waals surface area contributed by atoms with Crippen LogP contribution in [0.2, 0.25) is 0 Å². The minimum atomic E-state index is -0.0995. The number of rotatable bonds is 7.